The van der Waals surface area contributed by atoms with Crippen LogP contribution in [0.25, 0.3) is 0 Å². The van der Waals surface area contributed by atoms with Crippen molar-refractivity contribution in [2.75, 3.05) is 13.2 Å². The quantitative estimate of drug-likeness (QED) is 0.584. The summed E-state index contributed by atoms with van der Waals surface area (Å²) >= 11 is 0. The lowest BCUT2D eigenvalue weighted by molar-refractivity contribution is -0.159. The standard InChI is InChI=1S/C22H28F2O2/c1-2-3-22-25-14-20(15-26-22)19-11-9-18(10-12-19)17-7-4-16(5-8-17)6-13-21(23)24/h2-3,9-13,16-17,20,22H,4-8,14-15H2,1H3/b3-2+. The van der Waals surface area contributed by atoms with Crippen LogP contribution < -0.4 is 0 Å². The van der Waals surface area contributed by atoms with Gasteiger partial charge in [-0.25, -0.2) is 0 Å². The van der Waals surface area contributed by atoms with Crippen molar-refractivity contribution < 1.29 is 18.3 Å². The Hall–Kier alpha value is -1.52. The lowest BCUT2D eigenvalue weighted by Gasteiger charge is -2.29. The van der Waals surface area contributed by atoms with Gasteiger partial charge < -0.3 is 9.47 Å². The zero-order valence-electron chi connectivity index (χ0n) is 15.4. The van der Waals surface area contributed by atoms with Crippen LogP contribution in [0.3, 0.4) is 0 Å². The smallest absolute Gasteiger partial charge is 0.266 e. The van der Waals surface area contributed by atoms with E-state index in [1.165, 1.54) is 11.1 Å². The second-order valence-corrected chi connectivity index (χ2v) is 7.37. The van der Waals surface area contributed by atoms with Crippen LogP contribution in [0, 0.1) is 5.92 Å². The number of halogens is 2. The lowest BCUT2D eigenvalue weighted by atomic mass is 9.77. The molecule has 1 aromatic carbocycles. The minimum Gasteiger partial charge on any atom is -0.348 e. The molecule has 1 heterocycles. The summed E-state index contributed by atoms with van der Waals surface area (Å²) in [4.78, 5) is 0. The van der Waals surface area contributed by atoms with Crippen molar-refractivity contribution in [3.63, 3.8) is 0 Å². The largest absolute Gasteiger partial charge is 0.348 e. The van der Waals surface area contributed by atoms with Gasteiger partial charge in [0, 0.05) is 5.92 Å². The van der Waals surface area contributed by atoms with Crippen LogP contribution in [0.15, 0.2) is 48.6 Å². The molecule has 2 fully saturated rings. The van der Waals surface area contributed by atoms with Crippen LogP contribution in [0.4, 0.5) is 8.78 Å². The highest BCUT2D eigenvalue weighted by molar-refractivity contribution is 5.28. The molecule has 1 saturated carbocycles. The molecule has 1 saturated heterocycles. The van der Waals surface area contributed by atoms with Gasteiger partial charge in [-0.3, -0.25) is 0 Å². The van der Waals surface area contributed by atoms with Gasteiger partial charge in [-0.1, -0.05) is 30.3 Å². The average Bonchev–Trinajstić information content (AvgIpc) is 2.68. The Morgan fingerprint density at radius 3 is 2.08 bits per heavy atom. The second-order valence-electron chi connectivity index (χ2n) is 7.37. The van der Waals surface area contributed by atoms with E-state index in [2.05, 4.69) is 24.3 Å². The molecule has 0 bridgehead atoms. The van der Waals surface area contributed by atoms with Gasteiger partial charge in [-0.15, -0.1) is 0 Å². The fourth-order valence-electron chi connectivity index (χ4n) is 4.01. The molecule has 0 spiro atoms. The fourth-order valence-corrected chi connectivity index (χ4v) is 4.01. The van der Waals surface area contributed by atoms with Crippen molar-refractivity contribution in [3.8, 4) is 0 Å². The van der Waals surface area contributed by atoms with Gasteiger partial charge in [0.05, 0.1) is 13.2 Å². The third kappa shape index (κ3) is 5.24. The SMILES string of the molecule is C/C=C/C1OCC(c2ccc(C3CCC(CC=C(F)F)CC3)cc2)CO1. The molecule has 2 nitrogen and oxygen atoms in total. The third-order valence-electron chi connectivity index (χ3n) is 5.60. The molecule has 0 unspecified atom stereocenters. The highest BCUT2D eigenvalue weighted by Gasteiger charge is 2.24. The van der Waals surface area contributed by atoms with E-state index in [1.807, 2.05) is 19.1 Å². The number of hydrogen-bond acceptors (Lipinski definition) is 2. The predicted octanol–water partition coefficient (Wildman–Crippen LogP) is 6.16. The zero-order valence-corrected chi connectivity index (χ0v) is 15.4. The van der Waals surface area contributed by atoms with Crippen LogP contribution in [0.2, 0.25) is 0 Å². The summed E-state index contributed by atoms with van der Waals surface area (Å²) in [6.07, 6.45) is 7.95. The number of benzene rings is 1. The van der Waals surface area contributed by atoms with Crippen molar-refractivity contribution in [1.82, 2.24) is 0 Å². The molecule has 1 aromatic rings. The lowest BCUT2D eigenvalue weighted by Crippen LogP contribution is -2.29. The molecule has 0 radical (unpaired) electrons. The van der Waals surface area contributed by atoms with Crippen molar-refractivity contribution in [1.29, 1.82) is 0 Å². The summed E-state index contributed by atoms with van der Waals surface area (Å²) in [7, 11) is 0. The fraction of sp³-hybridized carbons (Fsp3) is 0.545. The average molecular weight is 362 g/mol. The summed E-state index contributed by atoms with van der Waals surface area (Å²) in [6.45, 7) is 3.32. The predicted molar refractivity (Wildman–Crippen MR) is 99.3 cm³/mol. The highest BCUT2D eigenvalue weighted by Crippen LogP contribution is 2.38. The minimum atomic E-state index is -1.55. The molecule has 1 aliphatic carbocycles. The van der Waals surface area contributed by atoms with Crippen molar-refractivity contribution in [2.45, 2.75) is 57.2 Å². The van der Waals surface area contributed by atoms with Crippen molar-refractivity contribution in [3.05, 3.63) is 59.7 Å². The van der Waals surface area contributed by atoms with Crippen molar-refractivity contribution in [2.24, 2.45) is 5.92 Å². The van der Waals surface area contributed by atoms with Gasteiger partial charge in [0.25, 0.3) is 6.08 Å². The normalized spacial score (nSPS) is 29.7. The molecule has 3 rings (SSSR count). The second kappa shape index (κ2) is 9.43. The Kier molecular flexibility index (Phi) is 6.98. The van der Waals surface area contributed by atoms with Gasteiger partial charge in [0.15, 0.2) is 6.29 Å². The Bertz CT molecular complexity index is 604. The van der Waals surface area contributed by atoms with Crippen LogP contribution >= 0.6 is 0 Å². The first-order valence-corrected chi connectivity index (χ1v) is 9.62. The van der Waals surface area contributed by atoms with Crippen LogP contribution in [0.5, 0.6) is 0 Å². The van der Waals surface area contributed by atoms with E-state index in [-0.39, 0.29) is 12.2 Å². The van der Waals surface area contributed by atoms with E-state index < -0.39 is 6.08 Å². The van der Waals surface area contributed by atoms with Gasteiger partial charge in [-0.05, 0) is 74.1 Å². The van der Waals surface area contributed by atoms with Crippen molar-refractivity contribution >= 4 is 0 Å². The molecular weight excluding hydrogens is 334 g/mol. The van der Waals surface area contributed by atoms with Crippen LogP contribution in [0.1, 0.15) is 62.0 Å². The monoisotopic (exact) mass is 362 g/mol. The molecule has 1 aliphatic heterocycles. The van der Waals surface area contributed by atoms with E-state index in [4.69, 9.17) is 9.47 Å². The number of ether oxygens (including phenoxy) is 2. The van der Waals surface area contributed by atoms with Gasteiger partial charge in [0.2, 0.25) is 0 Å². The van der Waals surface area contributed by atoms with Crippen LogP contribution in [-0.4, -0.2) is 19.5 Å². The maximum atomic E-state index is 12.2. The molecule has 0 atom stereocenters. The van der Waals surface area contributed by atoms with Gasteiger partial charge in [0.1, 0.15) is 0 Å². The minimum absolute atomic E-state index is 0.216. The summed E-state index contributed by atoms with van der Waals surface area (Å²) in [5.74, 6) is 1.25. The highest BCUT2D eigenvalue weighted by atomic mass is 19.3. The summed E-state index contributed by atoms with van der Waals surface area (Å²) < 4.78 is 35.9. The summed E-state index contributed by atoms with van der Waals surface area (Å²) in [6, 6.07) is 8.82. The number of rotatable bonds is 5. The molecule has 0 N–H and O–H groups in total. The molecule has 0 amide bonds. The van der Waals surface area contributed by atoms with E-state index in [1.54, 1.807) is 0 Å². The Morgan fingerprint density at radius 2 is 1.54 bits per heavy atom. The number of allylic oxidation sites excluding steroid dienone is 2. The topological polar surface area (TPSA) is 18.5 Å². The van der Waals surface area contributed by atoms with E-state index in [0.29, 0.717) is 31.5 Å². The van der Waals surface area contributed by atoms with Crippen LogP contribution in [-0.2, 0) is 9.47 Å². The molecule has 0 aromatic heterocycles. The maximum Gasteiger partial charge on any atom is 0.266 e. The molecular formula is C22H28F2O2. The molecule has 142 valence electrons. The molecule has 4 heteroatoms. The van der Waals surface area contributed by atoms with Gasteiger partial charge in [-0.2, -0.15) is 8.78 Å². The Labute approximate surface area is 154 Å². The Balaban J connectivity index is 1.50. The summed E-state index contributed by atoms with van der Waals surface area (Å²) in [5.41, 5.74) is 2.62. The van der Waals surface area contributed by atoms with E-state index in [0.717, 1.165) is 31.8 Å². The van der Waals surface area contributed by atoms with E-state index >= 15 is 0 Å². The third-order valence-corrected chi connectivity index (χ3v) is 5.60. The van der Waals surface area contributed by atoms with E-state index in [9.17, 15) is 8.78 Å². The first kappa shape index (κ1) is 19.2. The summed E-state index contributed by atoms with van der Waals surface area (Å²) in [5, 5.41) is 0. The maximum absolute atomic E-state index is 12.2. The zero-order chi connectivity index (χ0) is 18.4. The Morgan fingerprint density at radius 1 is 0.962 bits per heavy atom. The number of hydrogen-bond donors (Lipinski definition) is 0. The molecule has 26 heavy (non-hydrogen) atoms. The first-order valence-electron chi connectivity index (χ1n) is 9.62. The molecule has 2 aliphatic rings. The van der Waals surface area contributed by atoms with Gasteiger partial charge >= 0.3 is 0 Å². The first-order chi connectivity index (χ1) is 12.7.